The highest BCUT2D eigenvalue weighted by atomic mass is 79.9. The van der Waals surface area contributed by atoms with Crippen molar-refractivity contribution in [1.82, 2.24) is 0 Å². The van der Waals surface area contributed by atoms with Gasteiger partial charge in [0.1, 0.15) is 0 Å². The maximum atomic E-state index is 9.12. The molecular weight excluding hydrogens is 384 g/mol. The van der Waals surface area contributed by atoms with E-state index < -0.39 is 0 Å². The van der Waals surface area contributed by atoms with Crippen molar-refractivity contribution in [3.8, 4) is 0 Å². The lowest BCUT2D eigenvalue weighted by atomic mass is 9.86. The minimum absolute atomic E-state index is 0.00292. The highest BCUT2D eigenvalue weighted by Crippen LogP contribution is 2.24. The fourth-order valence-corrected chi connectivity index (χ4v) is 3.21. The summed E-state index contributed by atoms with van der Waals surface area (Å²) in [6.45, 7) is 5.90. The van der Waals surface area contributed by atoms with Crippen molar-refractivity contribution in [3.05, 3.63) is 34.3 Å². The molecule has 0 aromatic heterocycles. The Morgan fingerprint density at radius 3 is 2.12 bits per heavy atom. The maximum Gasteiger partial charge on any atom is 0.160 e. The Kier molecular flexibility index (Phi) is 8.87. The SMILES string of the molecule is C1CCC(OC2CCCCO2)OC1.CC(C)(CO)c1cccc(Br)c1. The van der Waals surface area contributed by atoms with Crippen molar-refractivity contribution in [2.75, 3.05) is 19.8 Å². The summed E-state index contributed by atoms with van der Waals surface area (Å²) in [4.78, 5) is 0. The van der Waals surface area contributed by atoms with Crippen molar-refractivity contribution >= 4 is 15.9 Å². The quantitative estimate of drug-likeness (QED) is 0.769. The Bertz CT molecular complexity index is 478. The normalized spacial score (nSPS) is 24.3. The Hall–Kier alpha value is -0.460. The van der Waals surface area contributed by atoms with Crippen LogP contribution in [0.15, 0.2) is 28.7 Å². The first kappa shape index (κ1) is 20.8. The van der Waals surface area contributed by atoms with Gasteiger partial charge in [-0.2, -0.15) is 0 Å². The molecule has 2 aliphatic heterocycles. The van der Waals surface area contributed by atoms with E-state index in [1.54, 1.807) is 0 Å². The van der Waals surface area contributed by atoms with Gasteiger partial charge >= 0.3 is 0 Å². The molecule has 25 heavy (non-hydrogen) atoms. The third kappa shape index (κ3) is 7.35. The van der Waals surface area contributed by atoms with E-state index >= 15 is 0 Å². The van der Waals surface area contributed by atoms with Crippen LogP contribution in [0.3, 0.4) is 0 Å². The molecule has 1 aromatic carbocycles. The van der Waals surface area contributed by atoms with Gasteiger partial charge in [-0.25, -0.2) is 0 Å². The third-order valence-corrected chi connectivity index (χ3v) is 5.07. The summed E-state index contributed by atoms with van der Waals surface area (Å²) in [6.07, 6.45) is 6.83. The van der Waals surface area contributed by atoms with E-state index in [4.69, 9.17) is 19.3 Å². The van der Waals surface area contributed by atoms with E-state index in [-0.39, 0.29) is 24.6 Å². The van der Waals surface area contributed by atoms with E-state index in [0.29, 0.717) is 0 Å². The molecule has 2 atom stereocenters. The molecule has 1 aromatic rings. The summed E-state index contributed by atoms with van der Waals surface area (Å²) in [7, 11) is 0. The van der Waals surface area contributed by atoms with Crippen LogP contribution < -0.4 is 0 Å². The zero-order chi connectivity index (χ0) is 18.1. The average Bonchev–Trinajstić information content (AvgIpc) is 2.64. The summed E-state index contributed by atoms with van der Waals surface area (Å²) in [5.74, 6) is 0. The number of rotatable bonds is 4. The fourth-order valence-electron chi connectivity index (χ4n) is 2.81. The number of halogens is 1. The van der Waals surface area contributed by atoms with Gasteiger partial charge in [-0.05, 0) is 56.2 Å². The molecule has 4 nitrogen and oxygen atoms in total. The van der Waals surface area contributed by atoms with Crippen molar-refractivity contribution in [3.63, 3.8) is 0 Å². The van der Waals surface area contributed by atoms with Crippen molar-refractivity contribution in [2.45, 2.75) is 70.4 Å². The average molecular weight is 415 g/mol. The van der Waals surface area contributed by atoms with Gasteiger partial charge in [0.15, 0.2) is 12.6 Å². The maximum absolute atomic E-state index is 9.12. The molecule has 0 amide bonds. The molecule has 5 heteroatoms. The second kappa shape index (κ2) is 10.6. The van der Waals surface area contributed by atoms with E-state index in [9.17, 15) is 0 Å². The standard InChI is InChI=1S/C10H13BrO.C10H18O3/c1-10(2,7-12)8-4-3-5-9(11)6-8;1-3-7-11-9(5-1)13-10-6-2-4-8-12-10/h3-6,12H,7H2,1-2H3;9-10H,1-8H2. The van der Waals surface area contributed by atoms with Crippen molar-refractivity contribution < 1.29 is 19.3 Å². The molecule has 2 heterocycles. The number of hydrogen-bond acceptors (Lipinski definition) is 4. The largest absolute Gasteiger partial charge is 0.395 e. The summed E-state index contributed by atoms with van der Waals surface area (Å²) >= 11 is 3.40. The lowest BCUT2D eigenvalue weighted by Crippen LogP contribution is -2.31. The van der Waals surface area contributed by atoms with Crippen LogP contribution in [0.2, 0.25) is 0 Å². The first-order valence-corrected chi connectivity index (χ1v) is 10.1. The molecule has 2 unspecified atom stereocenters. The van der Waals surface area contributed by atoms with E-state index in [0.717, 1.165) is 36.1 Å². The lowest BCUT2D eigenvalue weighted by Gasteiger charge is -2.29. The summed E-state index contributed by atoms with van der Waals surface area (Å²) in [5.41, 5.74) is 1.00. The van der Waals surface area contributed by atoms with Crippen LogP contribution in [0.5, 0.6) is 0 Å². The third-order valence-electron chi connectivity index (χ3n) is 4.58. The number of benzene rings is 1. The first-order valence-electron chi connectivity index (χ1n) is 9.27. The number of aliphatic hydroxyl groups is 1. The van der Waals surface area contributed by atoms with Crippen LogP contribution in [0, 0.1) is 0 Å². The Morgan fingerprint density at radius 2 is 1.68 bits per heavy atom. The van der Waals surface area contributed by atoms with E-state index in [1.165, 1.54) is 25.7 Å². The van der Waals surface area contributed by atoms with E-state index in [1.807, 2.05) is 38.1 Å². The molecule has 0 saturated carbocycles. The molecule has 0 spiro atoms. The highest BCUT2D eigenvalue weighted by Gasteiger charge is 2.21. The van der Waals surface area contributed by atoms with Crippen molar-refractivity contribution in [1.29, 1.82) is 0 Å². The molecule has 3 rings (SSSR count). The van der Waals surface area contributed by atoms with Gasteiger partial charge in [-0.3, -0.25) is 0 Å². The fraction of sp³-hybridized carbons (Fsp3) is 0.700. The molecule has 1 N–H and O–H groups in total. The lowest BCUT2D eigenvalue weighted by molar-refractivity contribution is -0.264. The Labute approximate surface area is 160 Å². The van der Waals surface area contributed by atoms with Crippen LogP contribution in [0.25, 0.3) is 0 Å². The highest BCUT2D eigenvalue weighted by molar-refractivity contribution is 9.10. The van der Waals surface area contributed by atoms with Gasteiger partial charge in [-0.1, -0.05) is 41.9 Å². The number of aliphatic hydroxyl groups excluding tert-OH is 1. The number of ether oxygens (including phenoxy) is 3. The predicted octanol–water partition coefficient (Wildman–Crippen LogP) is 4.78. The molecule has 0 radical (unpaired) electrons. The summed E-state index contributed by atoms with van der Waals surface area (Å²) in [5, 5.41) is 9.12. The van der Waals surface area contributed by atoms with Crippen LogP contribution in [0.4, 0.5) is 0 Å². The van der Waals surface area contributed by atoms with Crippen LogP contribution in [-0.4, -0.2) is 37.5 Å². The minimum atomic E-state index is -0.149. The van der Waals surface area contributed by atoms with E-state index in [2.05, 4.69) is 15.9 Å². The molecule has 2 fully saturated rings. The second-order valence-corrected chi connectivity index (χ2v) is 8.20. The summed E-state index contributed by atoms with van der Waals surface area (Å²) in [6, 6.07) is 8.03. The zero-order valence-electron chi connectivity index (χ0n) is 15.4. The van der Waals surface area contributed by atoms with Gasteiger partial charge in [0.25, 0.3) is 0 Å². The van der Waals surface area contributed by atoms with Gasteiger partial charge < -0.3 is 19.3 Å². The van der Waals surface area contributed by atoms with Crippen molar-refractivity contribution in [2.24, 2.45) is 0 Å². The molecular formula is C20H31BrO4. The van der Waals surface area contributed by atoms with Crippen LogP contribution in [-0.2, 0) is 19.6 Å². The first-order chi connectivity index (χ1) is 12.0. The molecule has 2 aliphatic rings. The van der Waals surface area contributed by atoms with Crippen LogP contribution in [0.1, 0.15) is 57.9 Å². The van der Waals surface area contributed by atoms with Gasteiger partial charge in [-0.15, -0.1) is 0 Å². The zero-order valence-corrected chi connectivity index (χ0v) is 17.0. The monoisotopic (exact) mass is 414 g/mol. The number of hydrogen-bond donors (Lipinski definition) is 1. The van der Waals surface area contributed by atoms with Gasteiger partial charge in [0.05, 0.1) is 6.61 Å². The topological polar surface area (TPSA) is 47.9 Å². The van der Waals surface area contributed by atoms with Crippen LogP contribution >= 0.6 is 15.9 Å². The second-order valence-electron chi connectivity index (χ2n) is 7.28. The summed E-state index contributed by atoms with van der Waals surface area (Å²) < 4.78 is 17.7. The molecule has 0 aliphatic carbocycles. The predicted molar refractivity (Wildman–Crippen MR) is 103 cm³/mol. The van der Waals surface area contributed by atoms with Gasteiger partial charge in [0, 0.05) is 23.1 Å². The molecule has 142 valence electrons. The molecule has 0 bridgehead atoms. The minimum Gasteiger partial charge on any atom is -0.395 e. The Morgan fingerprint density at radius 1 is 1.08 bits per heavy atom. The Balaban J connectivity index is 0.000000181. The molecule has 2 saturated heterocycles. The van der Waals surface area contributed by atoms with Gasteiger partial charge in [0.2, 0.25) is 0 Å². The smallest absolute Gasteiger partial charge is 0.160 e.